The maximum atomic E-state index is 13.2. The summed E-state index contributed by atoms with van der Waals surface area (Å²) in [6, 6.07) is 16.7. The fraction of sp³-hybridized carbons (Fsp3) is 0.480. The summed E-state index contributed by atoms with van der Waals surface area (Å²) >= 11 is 0. The Morgan fingerprint density at radius 3 is 2.45 bits per heavy atom. The summed E-state index contributed by atoms with van der Waals surface area (Å²) in [6.07, 6.45) is 2.25. The highest BCUT2D eigenvalue weighted by atomic mass is 16.5. The number of rotatable bonds is 9. The van der Waals surface area contributed by atoms with E-state index in [-0.39, 0.29) is 5.91 Å². The van der Waals surface area contributed by atoms with Crippen molar-refractivity contribution in [3.8, 4) is 11.5 Å². The van der Waals surface area contributed by atoms with Gasteiger partial charge in [0.25, 0.3) is 5.91 Å². The number of hydrogen-bond donors (Lipinski definition) is 1. The van der Waals surface area contributed by atoms with E-state index in [4.69, 9.17) is 9.47 Å². The highest BCUT2D eigenvalue weighted by Crippen LogP contribution is 2.29. The molecule has 2 aromatic rings. The predicted molar refractivity (Wildman–Crippen MR) is 122 cm³/mol. The van der Waals surface area contributed by atoms with Crippen LogP contribution in [0.5, 0.6) is 11.5 Å². The van der Waals surface area contributed by atoms with E-state index >= 15 is 0 Å². The molecule has 2 fully saturated rings. The third-order valence-electron chi connectivity index (χ3n) is 6.20. The number of para-hydroxylation sites is 2. The monoisotopic (exact) mass is 424 g/mol. The van der Waals surface area contributed by atoms with Crippen molar-refractivity contribution in [2.75, 3.05) is 51.3 Å². The number of methoxy groups -OCH3 is 1. The molecule has 0 aromatic heterocycles. The summed E-state index contributed by atoms with van der Waals surface area (Å²) in [5.74, 6) is 2.07. The third kappa shape index (κ3) is 5.50. The second-order valence-corrected chi connectivity index (χ2v) is 8.42. The van der Waals surface area contributed by atoms with Gasteiger partial charge >= 0.3 is 0 Å². The standard InChI is InChI=1S/C25H33N3O3/c1-3-31-24-7-5-4-6-23(24)27-16-14-26(15-17-27)19-25(29)28(21-10-11-21)18-20-8-12-22(30-2)13-9-20/h4-9,12-13,21H,3,10-11,14-19H2,1-2H3/p+1. The van der Waals surface area contributed by atoms with Gasteiger partial charge in [0.1, 0.15) is 11.5 Å². The summed E-state index contributed by atoms with van der Waals surface area (Å²) in [4.78, 5) is 19.0. The van der Waals surface area contributed by atoms with Crippen LogP contribution in [-0.4, -0.2) is 63.3 Å². The van der Waals surface area contributed by atoms with Crippen LogP contribution >= 0.6 is 0 Å². The van der Waals surface area contributed by atoms with Crippen molar-refractivity contribution in [2.45, 2.75) is 32.4 Å². The van der Waals surface area contributed by atoms with E-state index in [1.165, 1.54) is 4.90 Å². The molecule has 1 N–H and O–H groups in total. The van der Waals surface area contributed by atoms with Crippen molar-refractivity contribution in [1.82, 2.24) is 4.90 Å². The molecule has 0 bridgehead atoms. The molecule has 6 nitrogen and oxygen atoms in total. The van der Waals surface area contributed by atoms with Gasteiger partial charge in [-0.1, -0.05) is 24.3 Å². The van der Waals surface area contributed by atoms with Gasteiger partial charge in [-0.3, -0.25) is 4.79 Å². The van der Waals surface area contributed by atoms with Crippen LogP contribution in [0.25, 0.3) is 0 Å². The maximum absolute atomic E-state index is 13.2. The summed E-state index contributed by atoms with van der Waals surface area (Å²) in [7, 11) is 1.67. The molecule has 4 rings (SSSR count). The minimum atomic E-state index is 0.275. The van der Waals surface area contributed by atoms with Crippen LogP contribution in [0.15, 0.2) is 48.5 Å². The Balaban J connectivity index is 1.32. The lowest BCUT2D eigenvalue weighted by atomic mass is 10.2. The van der Waals surface area contributed by atoms with Crippen LogP contribution in [0.1, 0.15) is 25.3 Å². The van der Waals surface area contributed by atoms with Gasteiger partial charge in [-0.05, 0) is 49.6 Å². The van der Waals surface area contributed by atoms with Crippen LogP contribution in [0, 0.1) is 0 Å². The van der Waals surface area contributed by atoms with Crippen molar-refractivity contribution in [3.63, 3.8) is 0 Å². The molecule has 1 aliphatic heterocycles. The van der Waals surface area contributed by atoms with Crippen molar-refractivity contribution in [1.29, 1.82) is 0 Å². The molecule has 0 unspecified atom stereocenters. The minimum absolute atomic E-state index is 0.275. The van der Waals surface area contributed by atoms with Crippen LogP contribution in [0.3, 0.4) is 0 Å². The van der Waals surface area contributed by atoms with Gasteiger partial charge in [-0.15, -0.1) is 0 Å². The quantitative estimate of drug-likeness (QED) is 0.669. The molecule has 1 amide bonds. The van der Waals surface area contributed by atoms with Gasteiger partial charge in [0, 0.05) is 12.6 Å². The first-order valence-corrected chi connectivity index (χ1v) is 11.4. The number of nitrogens with zero attached hydrogens (tertiary/aromatic N) is 2. The number of quaternary nitrogens is 1. The summed E-state index contributed by atoms with van der Waals surface area (Å²) in [5, 5.41) is 0. The molecule has 0 spiro atoms. The van der Waals surface area contributed by atoms with E-state index < -0.39 is 0 Å². The Morgan fingerprint density at radius 2 is 1.81 bits per heavy atom. The number of piperazine rings is 1. The Hall–Kier alpha value is -2.73. The molecule has 31 heavy (non-hydrogen) atoms. The summed E-state index contributed by atoms with van der Waals surface area (Å²) in [5.41, 5.74) is 2.32. The first-order chi connectivity index (χ1) is 15.2. The van der Waals surface area contributed by atoms with Gasteiger partial charge in [-0.25, -0.2) is 0 Å². The average Bonchev–Trinajstić information content (AvgIpc) is 3.64. The molecule has 6 heteroatoms. The highest BCUT2D eigenvalue weighted by molar-refractivity contribution is 5.77. The van der Waals surface area contributed by atoms with Crippen molar-refractivity contribution >= 4 is 11.6 Å². The number of benzene rings is 2. The zero-order valence-corrected chi connectivity index (χ0v) is 18.7. The summed E-state index contributed by atoms with van der Waals surface area (Å²) in [6.45, 7) is 7.76. The third-order valence-corrected chi connectivity index (χ3v) is 6.20. The lowest BCUT2D eigenvalue weighted by Gasteiger charge is -2.35. The second-order valence-electron chi connectivity index (χ2n) is 8.42. The number of anilines is 1. The largest absolute Gasteiger partial charge is 0.497 e. The van der Waals surface area contributed by atoms with E-state index in [2.05, 4.69) is 34.1 Å². The number of carbonyl (C=O) groups is 1. The topological polar surface area (TPSA) is 46.5 Å². The SMILES string of the molecule is CCOc1ccccc1N1CC[NH+](CC(=O)N(Cc2ccc(OC)cc2)C2CC2)CC1. The zero-order valence-electron chi connectivity index (χ0n) is 18.7. The molecular weight excluding hydrogens is 390 g/mol. The van der Waals surface area contributed by atoms with E-state index in [9.17, 15) is 4.79 Å². The lowest BCUT2D eigenvalue weighted by Crippen LogP contribution is -3.15. The predicted octanol–water partition coefficient (Wildman–Crippen LogP) is 1.99. The van der Waals surface area contributed by atoms with Crippen LogP contribution < -0.4 is 19.3 Å². The molecule has 166 valence electrons. The van der Waals surface area contributed by atoms with E-state index in [0.29, 0.717) is 25.7 Å². The zero-order chi connectivity index (χ0) is 21.6. The van der Waals surface area contributed by atoms with Crippen LogP contribution in [-0.2, 0) is 11.3 Å². The average molecular weight is 425 g/mol. The Labute approximate surface area is 185 Å². The molecule has 2 aliphatic rings. The first-order valence-electron chi connectivity index (χ1n) is 11.4. The maximum Gasteiger partial charge on any atom is 0.278 e. The van der Waals surface area contributed by atoms with Gasteiger partial charge in [0.2, 0.25) is 0 Å². The molecule has 1 saturated heterocycles. The molecule has 1 heterocycles. The molecule has 1 aliphatic carbocycles. The molecular formula is C25H34N3O3+. The summed E-state index contributed by atoms with van der Waals surface area (Å²) < 4.78 is 11.0. The number of amides is 1. The number of nitrogens with one attached hydrogen (secondary N) is 1. The van der Waals surface area contributed by atoms with E-state index in [1.807, 2.05) is 31.2 Å². The minimum Gasteiger partial charge on any atom is -0.497 e. The lowest BCUT2D eigenvalue weighted by molar-refractivity contribution is -0.892. The van der Waals surface area contributed by atoms with Crippen molar-refractivity contribution in [3.05, 3.63) is 54.1 Å². The number of ether oxygens (including phenoxy) is 2. The fourth-order valence-electron chi connectivity index (χ4n) is 4.29. The normalized spacial score (nSPS) is 16.8. The van der Waals surface area contributed by atoms with Crippen LogP contribution in [0.2, 0.25) is 0 Å². The molecule has 2 aromatic carbocycles. The number of carbonyl (C=O) groups excluding carboxylic acids is 1. The van der Waals surface area contributed by atoms with Crippen molar-refractivity contribution in [2.24, 2.45) is 0 Å². The second kappa shape index (κ2) is 10.1. The van der Waals surface area contributed by atoms with Crippen LogP contribution in [0.4, 0.5) is 5.69 Å². The Morgan fingerprint density at radius 1 is 1.10 bits per heavy atom. The first kappa shape index (κ1) is 21.5. The molecule has 0 atom stereocenters. The van der Waals surface area contributed by atoms with Crippen molar-refractivity contribution < 1.29 is 19.2 Å². The van der Waals surface area contributed by atoms with Gasteiger partial charge in [-0.2, -0.15) is 0 Å². The van der Waals surface area contributed by atoms with Gasteiger partial charge in [0.05, 0.1) is 45.6 Å². The fourth-order valence-corrected chi connectivity index (χ4v) is 4.29. The highest BCUT2D eigenvalue weighted by Gasteiger charge is 2.35. The molecule has 0 radical (unpaired) electrons. The van der Waals surface area contributed by atoms with Gasteiger partial charge < -0.3 is 24.2 Å². The van der Waals surface area contributed by atoms with E-state index in [1.54, 1.807) is 7.11 Å². The van der Waals surface area contributed by atoms with Gasteiger partial charge in [0.15, 0.2) is 6.54 Å². The Bertz CT molecular complexity index is 859. The Kier molecular flexibility index (Phi) is 6.97. The molecule has 1 saturated carbocycles. The number of hydrogen-bond acceptors (Lipinski definition) is 4. The smallest absolute Gasteiger partial charge is 0.278 e. The van der Waals surface area contributed by atoms with E-state index in [0.717, 1.165) is 61.8 Å².